The summed E-state index contributed by atoms with van der Waals surface area (Å²) >= 11 is 0. The number of rotatable bonds is 5. The Hall–Kier alpha value is -4.14. The minimum atomic E-state index is -4.68. The van der Waals surface area contributed by atoms with Gasteiger partial charge in [0, 0.05) is 29.6 Å². The first kappa shape index (κ1) is 21.1. The summed E-state index contributed by atoms with van der Waals surface area (Å²) in [5.41, 5.74) is 4.16. The quantitative estimate of drug-likeness (QED) is 0.228. The number of nitrogens with one attached hydrogen (secondary N) is 1. The van der Waals surface area contributed by atoms with Crippen molar-refractivity contribution in [3.8, 4) is 11.3 Å². The third-order valence-electron chi connectivity index (χ3n) is 5.09. The maximum Gasteiger partial charge on any atom is 0.416 e. The molecular weight excluding hydrogens is 421 g/mol. The number of nitro groups is 1. The largest absolute Gasteiger partial charge is 0.416 e. The predicted octanol–water partition coefficient (Wildman–Crippen LogP) is 6.22. The number of aromatic nitrogens is 1. The fourth-order valence-electron chi connectivity index (χ4n) is 3.62. The molecule has 0 spiro atoms. The van der Waals surface area contributed by atoms with Crippen LogP contribution in [0.3, 0.4) is 0 Å². The van der Waals surface area contributed by atoms with E-state index >= 15 is 0 Å². The monoisotopic (exact) mass is 438 g/mol. The summed E-state index contributed by atoms with van der Waals surface area (Å²) in [6.45, 7) is 0. The van der Waals surface area contributed by atoms with Crippen molar-refractivity contribution in [2.24, 2.45) is 12.1 Å². The Morgan fingerprint density at radius 2 is 1.72 bits per heavy atom. The molecule has 4 rings (SSSR count). The fourth-order valence-corrected chi connectivity index (χ4v) is 3.62. The first-order valence-corrected chi connectivity index (χ1v) is 9.55. The van der Waals surface area contributed by atoms with Crippen LogP contribution in [0, 0.1) is 10.1 Å². The number of nitro benzene ring substituents is 1. The molecule has 1 aromatic heterocycles. The summed E-state index contributed by atoms with van der Waals surface area (Å²) in [6, 6.07) is 19.6. The van der Waals surface area contributed by atoms with Crippen LogP contribution in [0.1, 0.15) is 11.1 Å². The van der Waals surface area contributed by atoms with Crippen molar-refractivity contribution in [1.29, 1.82) is 0 Å². The van der Waals surface area contributed by atoms with Crippen molar-refractivity contribution in [2.75, 3.05) is 5.43 Å². The smallest absolute Gasteiger partial charge is 0.343 e. The molecular formula is C23H17F3N4O2. The number of anilines is 1. The molecule has 4 aromatic rings. The maximum absolute atomic E-state index is 12.9. The number of nitrogens with zero attached hydrogens (tertiary/aromatic N) is 3. The number of aryl methyl sites for hydroxylation is 1. The van der Waals surface area contributed by atoms with Gasteiger partial charge in [-0.25, -0.2) is 0 Å². The van der Waals surface area contributed by atoms with Gasteiger partial charge in [-0.05, 0) is 23.8 Å². The number of halogens is 3. The molecule has 0 saturated heterocycles. The molecule has 0 atom stereocenters. The van der Waals surface area contributed by atoms with Crippen molar-refractivity contribution >= 4 is 28.5 Å². The van der Waals surface area contributed by atoms with E-state index in [4.69, 9.17) is 0 Å². The summed E-state index contributed by atoms with van der Waals surface area (Å²) in [5, 5.41) is 16.3. The first-order chi connectivity index (χ1) is 15.3. The zero-order valence-electron chi connectivity index (χ0n) is 16.8. The molecule has 0 fully saturated rings. The number of hydrogen-bond donors (Lipinski definition) is 1. The highest BCUT2D eigenvalue weighted by atomic mass is 19.4. The lowest BCUT2D eigenvalue weighted by Crippen LogP contribution is -2.06. The molecule has 0 aliphatic carbocycles. The van der Waals surface area contributed by atoms with E-state index in [0.29, 0.717) is 6.07 Å². The van der Waals surface area contributed by atoms with Crippen LogP contribution in [0.4, 0.5) is 24.5 Å². The number of fused-ring (bicyclic) bond motifs is 1. The highest BCUT2D eigenvalue weighted by molar-refractivity contribution is 6.06. The van der Waals surface area contributed by atoms with Gasteiger partial charge in [-0.15, -0.1) is 0 Å². The third-order valence-corrected chi connectivity index (χ3v) is 5.09. The topological polar surface area (TPSA) is 72.5 Å². The second-order valence-corrected chi connectivity index (χ2v) is 7.06. The fraction of sp³-hybridized carbons (Fsp3) is 0.0870. The predicted molar refractivity (Wildman–Crippen MR) is 118 cm³/mol. The van der Waals surface area contributed by atoms with Gasteiger partial charge in [-0.1, -0.05) is 48.5 Å². The standard InChI is InChI=1S/C23H17F3N4O2/c1-29-20-10-6-5-9-17(20)18(22(29)15-7-3-2-4-8-15)14-27-28-19-12-11-16(23(24,25)26)13-21(19)30(31)32/h2-14,28H,1H3. The Kier molecular flexibility index (Phi) is 5.40. The molecule has 0 amide bonds. The Morgan fingerprint density at radius 3 is 2.41 bits per heavy atom. The van der Waals surface area contributed by atoms with E-state index in [1.54, 1.807) is 0 Å². The molecule has 0 unspecified atom stereocenters. The molecule has 6 nitrogen and oxygen atoms in total. The van der Waals surface area contributed by atoms with Crippen molar-refractivity contribution in [1.82, 2.24) is 4.57 Å². The van der Waals surface area contributed by atoms with Crippen LogP contribution in [0.5, 0.6) is 0 Å². The van der Waals surface area contributed by atoms with Gasteiger partial charge in [0.2, 0.25) is 0 Å². The van der Waals surface area contributed by atoms with Gasteiger partial charge in [0.15, 0.2) is 0 Å². The Balaban J connectivity index is 1.75. The average molecular weight is 438 g/mol. The van der Waals surface area contributed by atoms with Gasteiger partial charge in [-0.2, -0.15) is 18.3 Å². The number of benzene rings is 3. The lowest BCUT2D eigenvalue weighted by molar-refractivity contribution is -0.384. The summed E-state index contributed by atoms with van der Waals surface area (Å²) in [7, 11) is 1.93. The van der Waals surface area contributed by atoms with Crippen molar-refractivity contribution in [3.63, 3.8) is 0 Å². The van der Waals surface area contributed by atoms with Crippen LogP contribution in [0.15, 0.2) is 77.9 Å². The molecule has 0 bridgehead atoms. The second-order valence-electron chi connectivity index (χ2n) is 7.06. The zero-order chi connectivity index (χ0) is 22.9. The Bertz CT molecular complexity index is 1330. The summed E-state index contributed by atoms with van der Waals surface area (Å²) in [5.74, 6) is 0. The Morgan fingerprint density at radius 1 is 1.03 bits per heavy atom. The SMILES string of the molecule is Cn1c(-c2ccccc2)c(C=NNc2ccc(C(F)(F)F)cc2[N+](=O)[O-])c2ccccc21. The van der Waals surface area contributed by atoms with Crippen molar-refractivity contribution < 1.29 is 18.1 Å². The molecule has 1 heterocycles. The molecule has 9 heteroatoms. The van der Waals surface area contributed by atoms with Crippen LogP contribution < -0.4 is 5.43 Å². The number of alkyl halides is 3. The molecule has 0 aliphatic rings. The highest BCUT2D eigenvalue weighted by Gasteiger charge is 2.33. The van der Waals surface area contributed by atoms with E-state index in [0.717, 1.165) is 39.9 Å². The lowest BCUT2D eigenvalue weighted by Gasteiger charge is -2.08. The second kappa shape index (κ2) is 8.18. The lowest BCUT2D eigenvalue weighted by atomic mass is 10.1. The highest BCUT2D eigenvalue weighted by Crippen LogP contribution is 2.35. The van der Waals surface area contributed by atoms with E-state index in [-0.39, 0.29) is 5.69 Å². The Labute approximate surface area is 180 Å². The molecule has 162 valence electrons. The van der Waals surface area contributed by atoms with E-state index in [9.17, 15) is 23.3 Å². The van der Waals surface area contributed by atoms with Crippen LogP contribution in [0.2, 0.25) is 0 Å². The van der Waals surface area contributed by atoms with Gasteiger partial charge in [0.1, 0.15) is 5.69 Å². The molecule has 0 aliphatic heterocycles. The molecule has 3 aromatic carbocycles. The van der Waals surface area contributed by atoms with Crippen LogP contribution in [-0.2, 0) is 13.2 Å². The van der Waals surface area contributed by atoms with Crippen LogP contribution in [0.25, 0.3) is 22.2 Å². The summed E-state index contributed by atoms with van der Waals surface area (Å²) in [6.07, 6.45) is -3.16. The van der Waals surface area contributed by atoms with Gasteiger partial charge >= 0.3 is 6.18 Å². The summed E-state index contributed by atoms with van der Waals surface area (Å²) in [4.78, 5) is 10.4. The number of hydrazone groups is 1. The maximum atomic E-state index is 12.9. The van der Waals surface area contributed by atoms with Crippen LogP contribution in [-0.4, -0.2) is 15.7 Å². The molecule has 32 heavy (non-hydrogen) atoms. The molecule has 0 radical (unpaired) electrons. The van der Waals surface area contributed by atoms with E-state index in [1.807, 2.05) is 66.2 Å². The third kappa shape index (κ3) is 3.92. The minimum absolute atomic E-state index is 0.138. The summed E-state index contributed by atoms with van der Waals surface area (Å²) < 4.78 is 40.8. The number of para-hydroxylation sites is 1. The van der Waals surface area contributed by atoms with Gasteiger partial charge < -0.3 is 4.57 Å². The minimum Gasteiger partial charge on any atom is -0.343 e. The average Bonchev–Trinajstić information content (AvgIpc) is 3.05. The molecule has 0 saturated carbocycles. The zero-order valence-corrected chi connectivity index (χ0v) is 16.8. The van der Waals surface area contributed by atoms with E-state index < -0.39 is 22.4 Å². The van der Waals surface area contributed by atoms with Gasteiger partial charge in [0.25, 0.3) is 5.69 Å². The normalized spacial score (nSPS) is 11.9. The van der Waals surface area contributed by atoms with Gasteiger partial charge in [0.05, 0.1) is 22.4 Å². The van der Waals surface area contributed by atoms with E-state index in [1.165, 1.54) is 6.21 Å². The first-order valence-electron chi connectivity index (χ1n) is 9.55. The number of hydrogen-bond acceptors (Lipinski definition) is 4. The molecule has 1 N–H and O–H groups in total. The van der Waals surface area contributed by atoms with Crippen molar-refractivity contribution in [3.05, 3.63) is 94.0 Å². The van der Waals surface area contributed by atoms with E-state index in [2.05, 4.69) is 10.5 Å². The van der Waals surface area contributed by atoms with Crippen molar-refractivity contribution in [2.45, 2.75) is 6.18 Å². The van der Waals surface area contributed by atoms with Crippen LogP contribution >= 0.6 is 0 Å². The van der Waals surface area contributed by atoms with Gasteiger partial charge in [-0.3, -0.25) is 15.5 Å².